The lowest BCUT2D eigenvalue weighted by Crippen LogP contribution is -2.16. The first-order chi connectivity index (χ1) is 14.0. The summed E-state index contributed by atoms with van der Waals surface area (Å²) < 4.78 is 10.7. The van der Waals surface area contributed by atoms with Gasteiger partial charge >= 0.3 is 0 Å². The van der Waals surface area contributed by atoms with Crippen molar-refractivity contribution in [1.29, 1.82) is 0 Å². The summed E-state index contributed by atoms with van der Waals surface area (Å²) in [6.07, 6.45) is 1.57. The van der Waals surface area contributed by atoms with E-state index in [2.05, 4.69) is 20.6 Å². The van der Waals surface area contributed by atoms with Crippen LogP contribution in [0.15, 0.2) is 42.6 Å². The quantitative estimate of drug-likeness (QED) is 0.685. The van der Waals surface area contributed by atoms with Crippen LogP contribution in [0.4, 0.5) is 11.6 Å². The number of ether oxygens (including phenoxy) is 2. The van der Waals surface area contributed by atoms with E-state index >= 15 is 0 Å². The average molecular weight is 390 g/mol. The largest absolute Gasteiger partial charge is 0.454 e. The minimum absolute atomic E-state index is 0.242. The molecule has 7 heteroatoms. The van der Waals surface area contributed by atoms with Crippen LogP contribution in [0.5, 0.6) is 11.5 Å². The number of amides is 1. The molecule has 2 aromatic carbocycles. The highest BCUT2D eigenvalue weighted by molar-refractivity contribution is 6.03. The molecule has 1 amide bonds. The molecule has 148 valence electrons. The summed E-state index contributed by atoms with van der Waals surface area (Å²) >= 11 is 0. The molecule has 4 rings (SSSR count). The summed E-state index contributed by atoms with van der Waals surface area (Å²) in [4.78, 5) is 21.2. The number of carbonyl (C=O) groups is 1. The molecule has 29 heavy (non-hydrogen) atoms. The van der Waals surface area contributed by atoms with Crippen LogP contribution in [0.2, 0.25) is 0 Å². The number of fused-ring (bicyclic) bond motifs is 1. The number of rotatable bonds is 5. The molecule has 2 N–H and O–H groups in total. The molecule has 2 heterocycles. The van der Waals surface area contributed by atoms with Crippen LogP contribution in [-0.2, 0) is 6.54 Å². The van der Waals surface area contributed by atoms with Gasteiger partial charge in [-0.25, -0.2) is 9.97 Å². The van der Waals surface area contributed by atoms with Crippen molar-refractivity contribution in [1.82, 2.24) is 9.97 Å². The Balaban J connectivity index is 1.45. The standard InChI is InChI=1S/C22H22N4O3/c1-13-8-14(2)20(15(3)9-13)26-21(27)17-6-7-23-22(25-17)24-11-16-4-5-18-19(10-16)29-12-28-18/h4-10H,11-12H2,1-3H3,(H,26,27)(H,23,24,25). The van der Waals surface area contributed by atoms with Gasteiger partial charge in [-0.2, -0.15) is 0 Å². The molecule has 3 aromatic rings. The molecule has 0 saturated carbocycles. The minimum Gasteiger partial charge on any atom is -0.454 e. The number of hydrogen-bond donors (Lipinski definition) is 2. The molecule has 1 aliphatic rings. The van der Waals surface area contributed by atoms with Crippen molar-refractivity contribution in [2.24, 2.45) is 0 Å². The van der Waals surface area contributed by atoms with Gasteiger partial charge in [0.1, 0.15) is 5.69 Å². The van der Waals surface area contributed by atoms with Gasteiger partial charge in [0.25, 0.3) is 5.91 Å². The second-order valence-electron chi connectivity index (χ2n) is 7.03. The van der Waals surface area contributed by atoms with E-state index in [0.717, 1.165) is 39.4 Å². The molecule has 0 saturated heterocycles. The van der Waals surface area contributed by atoms with Gasteiger partial charge in [0.05, 0.1) is 0 Å². The fraction of sp³-hybridized carbons (Fsp3) is 0.227. The van der Waals surface area contributed by atoms with Gasteiger partial charge in [0.15, 0.2) is 11.5 Å². The SMILES string of the molecule is Cc1cc(C)c(NC(=O)c2ccnc(NCc3ccc4c(c3)OCO4)n2)c(C)c1. The van der Waals surface area contributed by atoms with Crippen molar-refractivity contribution in [2.75, 3.05) is 17.4 Å². The van der Waals surface area contributed by atoms with E-state index in [1.54, 1.807) is 12.3 Å². The summed E-state index contributed by atoms with van der Waals surface area (Å²) in [7, 11) is 0. The second-order valence-corrected chi connectivity index (χ2v) is 7.03. The number of nitrogens with one attached hydrogen (secondary N) is 2. The molecule has 0 aliphatic carbocycles. The van der Waals surface area contributed by atoms with Gasteiger partial charge in [-0.05, 0) is 55.7 Å². The van der Waals surface area contributed by atoms with E-state index in [0.29, 0.717) is 18.2 Å². The predicted octanol–water partition coefficient (Wildman–Crippen LogP) is 3.99. The molecule has 1 aromatic heterocycles. The van der Waals surface area contributed by atoms with Gasteiger partial charge in [0, 0.05) is 18.4 Å². The predicted molar refractivity (Wildman–Crippen MR) is 111 cm³/mol. The molecule has 0 fully saturated rings. The normalized spacial score (nSPS) is 12.0. The average Bonchev–Trinajstić information content (AvgIpc) is 3.17. The maximum absolute atomic E-state index is 12.7. The Hall–Kier alpha value is -3.61. The van der Waals surface area contributed by atoms with Crippen LogP contribution >= 0.6 is 0 Å². The van der Waals surface area contributed by atoms with Crippen LogP contribution in [-0.4, -0.2) is 22.7 Å². The lowest BCUT2D eigenvalue weighted by Gasteiger charge is -2.13. The highest BCUT2D eigenvalue weighted by Crippen LogP contribution is 2.32. The first-order valence-corrected chi connectivity index (χ1v) is 9.34. The van der Waals surface area contributed by atoms with E-state index in [4.69, 9.17) is 9.47 Å². The summed E-state index contributed by atoms with van der Waals surface area (Å²) in [6, 6.07) is 11.4. The molecule has 7 nitrogen and oxygen atoms in total. The highest BCUT2D eigenvalue weighted by Gasteiger charge is 2.14. The summed E-state index contributed by atoms with van der Waals surface area (Å²) in [5, 5.41) is 6.11. The Bertz CT molecular complexity index is 1060. The van der Waals surface area contributed by atoms with Gasteiger partial charge in [0.2, 0.25) is 12.7 Å². The Morgan fingerprint density at radius 2 is 1.79 bits per heavy atom. The van der Waals surface area contributed by atoms with E-state index in [9.17, 15) is 4.79 Å². The Morgan fingerprint density at radius 3 is 2.59 bits per heavy atom. The van der Waals surface area contributed by atoms with Crippen molar-refractivity contribution in [3.63, 3.8) is 0 Å². The van der Waals surface area contributed by atoms with Crippen LogP contribution in [0.1, 0.15) is 32.7 Å². The first kappa shape index (κ1) is 18.7. The van der Waals surface area contributed by atoms with E-state index in [1.807, 2.05) is 51.1 Å². The Kier molecular flexibility index (Phi) is 5.03. The summed E-state index contributed by atoms with van der Waals surface area (Å²) in [5.74, 6) is 1.58. The lowest BCUT2D eigenvalue weighted by atomic mass is 10.1. The molecule has 0 spiro atoms. The third-order valence-electron chi connectivity index (χ3n) is 4.69. The number of nitrogens with zero attached hydrogens (tertiary/aromatic N) is 2. The number of aryl methyl sites for hydroxylation is 3. The zero-order valence-corrected chi connectivity index (χ0v) is 16.6. The summed E-state index contributed by atoms with van der Waals surface area (Å²) in [6.45, 7) is 6.74. The number of benzene rings is 2. The van der Waals surface area contributed by atoms with Crippen LogP contribution in [0.3, 0.4) is 0 Å². The third-order valence-corrected chi connectivity index (χ3v) is 4.69. The molecule has 0 radical (unpaired) electrons. The van der Waals surface area contributed by atoms with Gasteiger partial charge in [-0.3, -0.25) is 4.79 Å². The Labute approximate surface area is 169 Å². The molecule has 0 unspecified atom stereocenters. The molecular formula is C22H22N4O3. The van der Waals surface area contributed by atoms with Crippen molar-refractivity contribution in [2.45, 2.75) is 27.3 Å². The number of anilines is 2. The fourth-order valence-electron chi connectivity index (χ4n) is 3.36. The van der Waals surface area contributed by atoms with E-state index < -0.39 is 0 Å². The maximum Gasteiger partial charge on any atom is 0.274 e. The van der Waals surface area contributed by atoms with Crippen LogP contribution in [0, 0.1) is 20.8 Å². The first-order valence-electron chi connectivity index (χ1n) is 9.34. The maximum atomic E-state index is 12.7. The molecule has 0 bridgehead atoms. The van der Waals surface area contributed by atoms with Crippen molar-refractivity contribution >= 4 is 17.5 Å². The smallest absolute Gasteiger partial charge is 0.274 e. The van der Waals surface area contributed by atoms with Crippen molar-refractivity contribution < 1.29 is 14.3 Å². The Morgan fingerprint density at radius 1 is 1.03 bits per heavy atom. The molecular weight excluding hydrogens is 368 g/mol. The fourth-order valence-corrected chi connectivity index (χ4v) is 3.36. The molecule has 1 aliphatic heterocycles. The number of hydrogen-bond acceptors (Lipinski definition) is 6. The number of aromatic nitrogens is 2. The van der Waals surface area contributed by atoms with Crippen LogP contribution < -0.4 is 20.1 Å². The molecule has 0 atom stereocenters. The van der Waals surface area contributed by atoms with Gasteiger partial charge in [-0.15, -0.1) is 0 Å². The minimum atomic E-state index is -0.270. The van der Waals surface area contributed by atoms with Crippen LogP contribution in [0.25, 0.3) is 0 Å². The van der Waals surface area contributed by atoms with Crippen molar-refractivity contribution in [3.8, 4) is 11.5 Å². The number of carbonyl (C=O) groups excluding carboxylic acids is 1. The van der Waals surface area contributed by atoms with Gasteiger partial charge < -0.3 is 20.1 Å². The zero-order valence-electron chi connectivity index (χ0n) is 16.6. The lowest BCUT2D eigenvalue weighted by molar-refractivity contribution is 0.102. The summed E-state index contributed by atoms with van der Waals surface area (Å²) in [5.41, 5.74) is 5.31. The van der Waals surface area contributed by atoms with Gasteiger partial charge in [-0.1, -0.05) is 23.8 Å². The van der Waals surface area contributed by atoms with Crippen molar-refractivity contribution in [3.05, 3.63) is 70.5 Å². The topological polar surface area (TPSA) is 85.4 Å². The van der Waals surface area contributed by atoms with E-state index in [-0.39, 0.29) is 12.7 Å². The monoisotopic (exact) mass is 390 g/mol. The zero-order chi connectivity index (χ0) is 20.4. The third kappa shape index (κ3) is 4.13. The van der Waals surface area contributed by atoms with E-state index in [1.165, 1.54) is 0 Å². The highest BCUT2D eigenvalue weighted by atomic mass is 16.7. The second kappa shape index (κ2) is 7.79.